The number of nitrogens with one attached hydrogen (secondary N) is 2. The van der Waals surface area contributed by atoms with Crippen molar-refractivity contribution in [2.45, 2.75) is 32.0 Å². The largest absolute Gasteiger partial charge is 0.328 e. The highest BCUT2D eigenvalue weighted by Crippen LogP contribution is 2.37. The molecule has 1 amide bonds. The fraction of sp³-hybridized carbons (Fsp3) is 0.227. The Balaban J connectivity index is 1.78. The highest BCUT2D eigenvalue weighted by molar-refractivity contribution is 7.99. The molecule has 2 heterocycles. The predicted octanol–water partition coefficient (Wildman–Crippen LogP) is 4.53. The van der Waals surface area contributed by atoms with Crippen molar-refractivity contribution in [2.24, 2.45) is 0 Å². The molecule has 0 aliphatic carbocycles. The highest BCUT2D eigenvalue weighted by atomic mass is 32.2. The zero-order valence-corrected chi connectivity index (χ0v) is 18.6. The number of nitrogens with zero attached hydrogens (tertiary/aromatic N) is 4. The first kappa shape index (κ1) is 21.6. The fourth-order valence-electron chi connectivity index (χ4n) is 3.62. The van der Waals surface area contributed by atoms with E-state index in [1.807, 2.05) is 45.0 Å². The van der Waals surface area contributed by atoms with Crippen LogP contribution < -0.4 is 10.6 Å². The number of aromatic nitrogens is 3. The second-order valence-electron chi connectivity index (χ2n) is 7.33. The number of carbonyl (C=O) groups excluding carboxylic acids is 1. The van der Waals surface area contributed by atoms with E-state index in [4.69, 9.17) is 0 Å². The van der Waals surface area contributed by atoms with Gasteiger partial charge in [0.15, 0.2) is 0 Å². The molecular formula is C22H22N6O3S. The summed E-state index contributed by atoms with van der Waals surface area (Å²) in [6.45, 7) is 5.78. The van der Waals surface area contributed by atoms with Crippen molar-refractivity contribution in [3.8, 4) is 0 Å². The zero-order chi connectivity index (χ0) is 22.8. The van der Waals surface area contributed by atoms with Gasteiger partial charge in [0.2, 0.25) is 11.1 Å². The maximum Gasteiger partial charge on any atom is 0.269 e. The van der Waals surface area contributed by atoms with Crippen molar-refractivity contribution in [3.05, 3.63) is 81.0 Å². The number of rotatable bonds is 6. The number of nitro groups is 1. The molecule has 10 heteroatoms. The average Bonchev–Trinajstić information content (AvgIpc) is 3.15. The highest BCUT2D eigenvalue weighted by Gasteiger charge is 2.34. The van der Waals surface area contributed by atoms with Crippen molar-refractivity contribution < 1.29 is 9.72 Å². The summed E-state index contributed by atoms with van der Waals surface area (Å²) in [5.74, 6) is 1.04. The number of amides is 1. The predicted molar refractivity (Wildman–Crippen MR) is 124 cm³/mol. The first-order valence-corrected chi connectivity index (χ1v) is 11.1. The molecular weight excluding hydrogens is 428 g/mol. The zero-order valence-electron chi connectivity index (χ0n) is 17.8. The lowest BCUT2D eigenvalue weighted by atomic mass is 9.95. The maximum absolute atomic E-state index is 13.4. The van der Waals surface area contributed by atoms with Gasteiger partial charge in [-0.1, -0.05) is 30.8 Å². The molecule has 1 aromatic heterocycles. The smallest absolute Gasteiger partial charge is 0.269 e. The fourth-order valence-corrected chi connectivity index (χ4v) is 4.18. The van der Waals surface area contributed by atoms with Crippen LogP contribution in [0.2, 0.25) is 0 Å². The third-order valence-corrected chi connectivity index (χ3v) is 5.77. The van der Waals surface area contributed by atoms with Gasteiger partial charge in [-0.05, 0) is 55.0 Å². The maximum atomic E-state index is 13.4. The van der Waals surface area contributed by atoms with Gasteiger partial charge in [0.25, 0.3) is 11.6 Å². The van der Waals surface area contributed by atoms with Crippen molar-refractivity contribution in [1.29, 1.82) is 0 Å². The van der Waals surface area contributed by atoms with E-state index < -0.39 is 11.0 Å². The van der Waals surface area contributed by atoms with Crippen LogP contribution >= 0.6 is 11.8 Å². The summed E-state index contributed by atoms with van der Waals surface area (Å²) in [6, 6.07) is 13.1. The molecule has 0 saturated carbocycles. The van der Waals surface area contributed by atoms with Crippen LogP contribution in [0.1, 0.15) is 31.0 Å². The van der Waals surface area contributed by atoms with Gasteiger partial charge in [-0.2, -0.15) is 4.98 Å². The molecule has 1 aliphatic heterocycles. The molecule has 32 heavy (non-hydrogen) atoms. The van der Waals surface area contributed by atoms with Crippen molar-refractivity contribution >= 4 is 35.0 Å². The molecule has 4 rings (SSSR count). The van der Waals surface area contributed by atoms with Crippen molar-refractivity contribution in [2.75, 3.05) is 16.4 Å². The monoisotopic (exact) mass is 450 g/mol. The number of benzene rings is 2. The molecule has 164 valence electrons. The average molecular weight is 451 g/mol. The normalized spacial score (nSPS) is 15.2. The second-order valence-corrected chi connectivity index (χ2v) is 8.57. The summed E-state index contributed by atoms with van der Waals surface area (Å²) in [6.07, 6.45) is 0. The number of nitro benzene ring substituents is 1. The summed E-state index contributed by atoms with van der Waals surface area (Å²) in [7, 11) is 0. The van der Waals surface area contributed by atoms with Gasteiger partial charge in [-0.15, -0.1) is 5.10 Å². The number of thioether (sulfide) groups is 1. The van der Waals surface area contributed by atoms with Crippen LogP contribution in [0, 0.1) is 17.0 Å². The lowest BCUT2D eigenvalue weighted by Crippen LogP contribution is -2.31. The van der Waals surface area contributed by atoms with Gasteiger partial charge < -0.3 is 10.6 Å². The van der Waals surface area contributed by atoms with Crippen LogP contribution in [0.5, 0.6) is 0 Å². The Kier molecular flexibility index (Phi) is 5.95. The molecule has 1 unspecified atom stereocenters. The van der Waals surface area contributed by atoms with E-state index in [1.54, 1.807) is 16.8 Å². The van der Waals surface area contributed by atoms with Crippen LogP contribution in [0.4, 0.5) is 17.3 Å². The Morgan fingerprint density at radius 1 is 1.25 bits per heavy atom. The molecule has 0 saturated heterocycles. The Labute approximate surface area is 189 Å². The van der Waals surface area contributed by atoms with Crippen molar-refractivity contribution in [1.82, 2.24) is 14.8 Å². The van der Waals surface area contributed by atoms with E-state index in [2.05, 4.69) is 20.7 Å². The Morgan fingerprint density at radius 2 is 2.00 bits per heavy atom. The van der Waals surface area contributed by atoms with Crippen LogP contribution in [-0.2, 0) is 4.79 Å². The Bertz CT molecular complexity index is 1220. The van der Waals surface area contributed by atoms with Gasteiger partial charge in [0, 0.05) is 23.5 Å². The van der Waals surface area contributed by atoms with E-state index in [1.165, 1.54) is 23.9 Å². The third kappa shape index (κ3) is 4.22. The molecule has 1 atom stereocenters. The topological polar surface area (TPSA) is 115 Å². The van der Waals surface area contributed by atoms with Gasteiger partial charge in [-0.25, -0.2) is 4.68 Å². The van der Waals surface area contributed by atoms with Gasteiger partial charge in [0.05, 0.1) is 10.5 Å². The molecule has 0 fully saturated rings. The van der Waals surface area contributed by atoms with E-state index in [0.29, 0.717) is 33.6 Å². The quantitative estimate of drug-likeness (QED) is 0.322. The van der Waals surface area contributed by atoms with Crippen LogP contribution in [0.3, 0.4) is 0 Å². The van der Waals surface area contributed by atoms with Gasteiger partial charge in [0.1, 0.15) is 6.04 Å². The minimum absolute atomic E-state index is 0.0183. The lowest BCUT2D eigenvalue weighted by Gasteiger charge is -2.28. The minimum Gasteiger partial charge on any atom is -0.328 e. The number of hydrogen-bond acceptors (Lipinski definition) is 7. The molecule has 1 aliphatic rings. The standard InChI is InChI=1S/C22H22N6O3S/c1-4-32-22-25-21-23-14(3)18(20(29)24-16-7-5-6-13(2)12-16)19(27(21)26-22)15-8-10-17(11-9-15)28(30)31/h5-12,19H,4H2,1-3H3,(H,24,29)(H,23,25,26). The van der Waals surface area contributed by atoms with Crippen LogP contribution in [0.25, 0.3) is 0 Å². The number of fused-ring (bicyclic) bond motifs is 1. The first-order chi connectivity index (χ1) is 15.4. The minimum atomic E-state index is -0.587. The number of aryl methyl sites for hydroxylation is 1. The summed E-state index contributed by atoms with van der Waals surface area (Å²) >= 11 is 1.50. The van der Waals surface area contributed by atoms with Crippen LogP contribution in [-0.4, -0.2) is 31.3 Å². The summed E-state index contributed by atoms with van der Waals surface area (Å²) in [5, 5.41) is 22.4. The summed E-state index contributed by atoms with van der Waals surface area (Å²) < 4.78 is 1.66. The van der Waals surface area contributed by atoms with E-state index in [-0.39, 0.29) is 11.6 Å². The van der Waals surface area contributed by atoms with Gasteiger partial charge >= 0.3 is 0 Å². The Hall–Kier alpha value is -3.66. The summed E-state index contributed by atoms with van der Waals surface area (Å²) in [4.78, 5) is 28.6. The van der Waals surface area contributed by atoms with E-state index in [9.17, 15) is 14.9 Å². The molecule has 0 spiro atoms. The first-order valence-electron chi connectivity index (χ1n) is 10.1. The van der Waals surface area contributed by atoms with Crippen LogP contribution in [0.15, 0.2) is 65.0 Å². The number of hydrogen-bond donors (Lipinski definition) is 2. The number of allylic oxidation sites excluding steroid dienone is 1. The third-order valence-electron chi connectivity index (χ3n) is 5.05. The molecule has 2 aromatic carbocycles. The van der Waals surface area contributed by atoms with Gasteiger partial charge in [-0.3, -0.25) is 14.9 Å². The molecule has 2 N–H and O–H groups in total. The number of anilines is 2. The molecule has 0 bridgehead atoms. The second kappa shape index (κ2) is 8.83. The molecule has 9 nitrogen and oxygen atoms in total. The number of non-ortho nitro benzene ring substituents is 1. The Morgan fingerprint density at radius 3 is 2.66 bits per heavy atom. The summed E-state index contributed by atoms with van der Waals surface area (Å²) in [5.41, 5.74) is 3.50. The molecule has 0 radical (unpaired) electrons. The van der Waals surface area contributed by atoms with E-state index in [0.717, 1.165) is 11.3 Å². The SMILES string of the molecule is CCSc1nc2n(n1)C(c1ccc([N+](=O)[O-])cc1)C(C(=O)Nc1cccc(C)c1)=C(C)N2. The number of carbonyl (C=O) groups is 1. The van der Waals surface area contributed by atoms with E-state index >= 15 is 0 Å². The lowest BCUT2D eigenvalue weighted by molar-refractivity contribution is -0.384. The van der Waals surface area contributed by atoms with Crippen molar-refractivity contribution in [3.63, 3.8) is 0 Å². The molecule has 3 aromatic rings.